The third-order valence-electron chi connectivity index (χ3n) is 7.12. The molecule has 1 nitrogen and oxygen atoms in total. The second-order valence-corrected chi connectivity index (χ2v) is 9.13. The summed E-state index contributed by atoms with van der Waals surface area (Å²) in [5.74, 6) is 0. The van der Waals surface area contributed by atoms with Gasteiger partial charge in [0.1, 0.15) is 0 Å². The maximum Gasteiger partial charge on any atom is 0.0754 e. The smallest absolute Gasteiger partial charge is 0.0754 e. The van der Waals surface area contributed by atoms with Crippen LogP contribution in [0.5, 0.6) is 0 Å². The van der Waals surface area contributed by atoms with Crippen LogP contribution in [-0.4, -0.2) is 0 Å². The summed E-state index contributed by atoms with van der Waals surface area (Å²) in [7, 11) is 0. The van der Waals surface area contributed by atoms with Gasteiger partial charge in [0.15, 0.2) is 0 Å². The van der Waals surface area contributed by atoms with Crippen LogP contribution in [0.15, 0.2) is 121 Å². The molecule has 0 N–H and O–H groups in total. The SMILES string of the molecule is Clc1ccc2c(c1)N(c1ccccc1)c1ccccc1C21c2ccccc2-c2ccccc21. The van der Waals surface area contributed by atoms with Gasteiger partial charge in [-0.3, -0.25) is 0 Å². The van der Waals surface area contributed by atoms with Crippen LogP contribution in [0.1, 0.15) is 22.3 Å². The molecule has 156 valence electrons. The number of hydrogen-bond donors (Lipinski definition) is 0. The summed E-state index contributed by atoms with van der Waals surface area (Å²) in [6.07, 6.45) is 0. The van der Waals surface area contributed by atoms with Crippen molar-refractivity contribution in [3.8, 4) is 11.1 Å². The molecule has 1 heterocycles. The average molecular weight is 442 g/mol. The summed E-state index contributed by atoms with van der Waals surface area (Å²) in [6, 6.07) is 43.5. The minimum Gasteiger partial charge on any atom is -0.310 e. The van der Waals surface area contributed by atoms with E-state index in [-0.39, 0.29) is 0 Å². The van der Waals surface area contributed by atoms with E-state index in [1.807, 2.05) is 6.07 Å². The first-order valence-electron chi connectivity index (χ1n) is 11.2. The van der Waals surface area contributed by atoms with Crippen LogP contribution in [0.25, 0.3) is 11.1 Å². The topological polar surface area (TPSA) is 3.24 Å². The van der Waals surface area contributed by atoms with Gasteiger partial charge in [-0.25, -0.2) is 0 Å². The Kier molecular flexibility index (Phi) is 3.88. The monoisotopic (exact) mass is 441 g/mol. The number of halogens is 1. The Labute approximate surface area is 198 Å². The third kappa shape index (κ3) is 2.38. The van der Waals surface area contributed by atoms with Gasteiger partial charge in [0.25, 0.3) is 0 Å². The Morgan fingerprint density at radius 2 is 1.03 bits per heavy atom. The third-order valence-corrected chi connectivity index (χ3v) is 7.36. The first-order chi connectivity index (χ1) is 16.3. The van der Waals surface area contributed by atoms with Crippen molar-refractivity contribution in [1.82, 2.24) is 0 Å². The molecule has 5 aromatic carbocycles. The fourth-order valence-corrected chi connectivity index (χ4v) is 6.10. The molecule has 0 radical (unpaired) electrons. The maximum absolute atomic E-state index is 6.63. The second kappa shape index (κ2) is 6.84. The van der Waals surface area contributed by atoms with Gasteiger partial charge in [-0.2, -0.15) is 0 Å². The van der Waals surface area contributed by atoms with E-state index in [1.54, 1.807) is 0 Å². The van der Waals surface area contributed by atoms with Crippen molar-refractivity contribution in [3.63, 3.8) is 0 Å². The van der Waals surface area contributed by atoms with Crippen LogP contribution in [0.3, 0.4) is 0 Å². The van der Waals surface area contributed by atoms with E-state index in [4.69, 9.17) is 11.6 Å². The molecule has 33 heavy (non-hydrogen) atoms. The van der Waals surface area contributed by atoms with Crippen LogP contribution in [-0.2, 0) is 5.41 Å². The van der Waals surface area contributed by atoms with E-state index in [0.717, 1.165) is 16.4 Å². The van der Waals surface area contributed by atoms with Crippen molar-refractivity contribution in [3.05, 3.63) is 149 Å². The highest BCUT2D eigenvalue weighted by atomic mass is 35.5. The summed E-state index contributed by atoms with van der Waals surface area (Å²) in [4.78, 5) is 2.35. The van der Waals surface area contributed by atoms with E-state index in [2.05, 4.69) is 120 Å². The zero-order valence-corrected chi connectivity index (χ0v) is 18.6. The number of hydrogen-bond acceptors (Lipinski definition) is 1. The molecule has 0 aromatic heterocycles. The van der Waals surface area contributed by atoms with Crippen LogP contribution in [0, 0.1) is 0 Å². The van der Waals surface area contributed by atoms with Crippen molar-refractivity contribution < 1.29 is 0 Å². The quantitative estimate of drug-likeness (QED) is 0.247. The first kappa shape index (κ1) is 18.7. The van der Waals surface area contributed by atoms with Crippen LogP contribution < -0.4 is 4.90 Å². The van der Waals surface area contributed by atoms with Gasteiger partial charge in [-0.15, -0.1) is 0 Å². The lowest BCUT2D eigenvalue weighted by Crippen LogP contribution is -2.36. The Morgan fingerprint density at radius 1 is 0.485 bits per heavy atom. The molecule has 1 spiro atoms. The van der Waals surface area contributed by atoms with Gasteiger partial charge in [0.2, 0.25) is 0 Å². The lowest BCUT2D eigenvalue weighted by Gasteiger charge is -2.45. The Hall–Kier alpha value is -3.81. The molecule has 7 rings (SSSR count). The van der Waals surface area contributed by atoms with Crippen molar-refractivity contribution >= 4 is 28.7 Å². The van der Waals surface area contributed by atoms with Gasteiger partial charge in [-0.1, -0.05) is 103 Å². The van der Waals surface area contributed by atoms with Gasteiger partial charge < -0.3 is 4.90 Å². The molecule has 0 amide bonds. The molecule has 0 bridgehead atoms. The van der Waals surface area contributed by atoms with E-state index in [9.17, 15) is 0 Å². The molecule has 2 heteroatoms. The van der Waals surface area contributed by atoms with Crippen LogP contribution in [0.4, 0.5) is 17.1 Å². The number of fused-ring (bicyclic) bond motifs is 9. The summed E-state index contributed by atoms with van der Waals surface area (Å²) in [5, 5.41) is 0.740. The van der Waals surface area contributed by atoms with Gasteiger partial charge in [0, 0.05) is 10.7 Å². The predicted molar refractivity (Wildman–Crippen MR) is 137 cm³/mol. The molecule has 2 aliphatic rings. The Balaban J connectivity index is 1.68. The highest BCUT2D eigenvalue weighted by molar-refractivity contribution is 6.31. The van der Waals surface area contributed by atoms with Gasteiger partial charge in [-0.05, 0) is 63.7 Å². The van der Waals surface area contributed by atoms with Crippen molar-refractivity contribution in [2.45, 2.75) is 5.41 Å². The highest BCUT2D eigenvalue weighted by Gasteiger charge is 2.51. The predicted octanol–water partition coefficient (Wildman–Crippen LogP) is 8.49. The molecule has 0 atom stereocenters. The minimum absolute atomic E-state index is 0.394. The van der Waals surface area contributed by atoms with E-state index < -0.39 is 5.41 Å². The first-order valence-corrected chi connectivity index (χ1v) is 11.6. The maximum atomic E-state index is 6.63. The van der Waals surface area contributed by atoms with E-state index >= 15 is 0 Å². The average Bonchev–Trinajstić information content (AvgIpc) is 3.16. The summed E-state index contributed by atoms with van der Waals surface area (Å²) < 4.78 is 0. The summed E-state index contributed by atoms with van der Waals surface area (Å²) in [6.45, 7) is 0. The Morgan fingerprint density at radius 3 is 1.73 bits per heavy atom. The summed E-state index contributed by atoms with van der Waals surface area (Å²) >= 11 is 6.63. The second-order valence-electron chi connectivity index (χ2n) is 8.69. The lowest BCUT2D eigenvalue weighted by molar-refractivity contribution is 0.752. The zero-order chi connectivity index (χ0) is 22.0. The number of rotatable bonds is 1. The normalized spacial score (nSPS) is 14.4. The van der Waals surface area contributed by atoms with Crippen molar-refractivity contribution in [2.24, 2.45) is 0 Å². The minimum atomic E-state index is -0.394. The van der Waals surface area contributed by atoms with E-state index in [0.29, 0.717) is 0 Å². The molecule has 5 aromatic rings. The van der Waals surface area contributed by atoms with Crippen LogP contribution >= 0.6 is 11.6 Å². The molecular weight excluding hydrogens is 422 g/mol. The zero-order valence-electron chi connectivity index (χ0n) is 17.9. The fourth-order valence-electron chi connectivity index (χ4n) is 5.94. The molecule has 0 saturated carbocycles. The van der Waals surface area contributed by atoms with Crippen LogP contribution in [0.2, 0.25) is 5.02 Å². The van der Waals surface area contributed by atoms with Crippen molar-refractivity contribution in [2.75, 3.05) is 4.90 Å². The van der Waals surface area contributed by atoms with E-state index in [1.165, 1.54) is 39.1 Å². The molecular formula is C31H20ClN. The number of anilines is 3. The largest absolute Gasteiger partial charge is 0.310 e. The highest BCUT2D eigenvalue weighted by Crippen LogP contribution is 2.63. The van der Waals surface area contributed by atoms with Crippen molar-refractivity contribution in [1.29, 1.82) is 0 Å². The molecule has 0 fully saturated rings. The molecule has 0 saturated heterocycles. The molecule has 1 aliphatic heterocycles. The molecule has 1 aliphatic carbocycles. The van der Waals surface area contributed by atoms with Gasteiger partial charge >= 0.3 is 0 Å². The number of benzene rings is 5. The Bertz CT molecular complexity index is 1490. The summed E-state index contributed by atoms with van der Waals surface area (Å²) in [5.41, 5.74) is 10.9. The number of para-hydroxylation sites is 2. The fraction of sp³-hybridized carbons (Fsp3) is 0.0323. The van der Waals surface area contributed by atoms with Gasteiger partial charge in [0.05, 0.1) is 16.8 Å². The number of nitrogens with zero attached hydrogens (tertiary/aromatic N) is 1. The lowest BCUT2D eigenvalue weighted by atomic mass is 9.64. The standard InChI is InChI=1S/C31H20ClN/c32-21-18-19-28-30(20-21)33(22-10-2-1-3-11-22)29-17-9-8-16-27(29)31(28)25-14-6-4-12-23(25)24-13-5-7-15-26(24)31/h1-20H. The molecule has 0 unspecified atom stereocenters.